The van der Waals surface area contributed by atoms with E-state index in [-0.39, 0.29) is 17.7 Å². The highest BCUT2D eigenvalue weighted by Gasteiger charge is 2.42. The van der Waals surface area contributed by atoms with Crippen LogP contribution in [0.4, 0.5) is 39.5 Å². The molecule has 0 aliphatic carbocycles. The van der Waals surface area contributed by atoms with E-state index in [4.69, 9.17) is 0 Å². The van der Waals surface area contributed by atoms with Crippen LogP contribution in [-0.2, 0) is 14.4 Å². The Morgan fingerprint density at radius 1 is 0.607 bits per heavy atom. The summed E-state index contributed by atoms with van der Waals surface area (Å²) >= 11 is 0. The summed E-state index contributed by atoms with van der Waals surface area (Å²) in [5.41, 5.74) is 0. The number of carbonyl (C=O) groups excluding carboxylic acids is 3. The van der Waals surface area contributed by atoms with E-state index >= 15 is 0 Å². The highest BCUT2D eigenvalue weighted by Crippen LogP contribution is 2.19. The van der Waals surface area contributed by atoms with Gasteiger partial charge in [0.25, 0.3) is 0 Å². The van der Waals surface area contributed by atoms with Crippen molar-refractivity contribution in [2.45, 2.75) is 37.8 Å². The molecule has 164 valence electrons. The minimum Gasteiger partial charge on any atom is -0.348 e. The number of amides is 3. The van der Waals surface area contributed by atoms with Crippen LogP contribution >= 0.6 is 0 Å². The van der Waals surface area contributed by atoms with Gasteiger partial charge in [-0.15, -0.1) is 0 Å². The average Bonchev–Trinajstić information content (AvgIpc) is 2.52. The summed E-state index contributed by atoms with van der Waals surface area (Å²) in [5, 5.41) is 2.91. The van der Waals surface area contributed by atoms with E-state index < -0.39 is 68.9 Å². The SMILES string of the molecule is O=C(NCCCCN(CCCNC(=O)C(F)(F)F)C(=O)C(F)(F)F)C(F)(F)F. The van der Waals surface area contributed by atoms with E-state index in [1.165, 1.54) is 10.6 Å². The molecule has 0 spiro atoms. The van der Waals surface area contributed by atoms with Crippen LogP contribution in [0.25, 0.3) is 0 Å². The first-order valence-electron chi connectivity index (χ1n) is 7.63. The highest BCUT2D eigenvalue weighted by molar-refractivity contribution is 5.82. The molecular weight excluding hydrogens is 417 g/mol. The molecule has 2 N–H and O–H groups in total. The molecule has 0 heterocycles. The van der Waals surface area contributed by atoms with Crippen LogP contribution in [0.5, 0.6) is 0 Å². The van der Waals surface area contributed by atoms with Crippen LogP contribution in [0.2, 0.25) is 0 Å². The van der Waals surface area contributed by atoms with Gasteiger partial charge in [-0.05, 0) is 19.3 Å². The number of hydrogen-bond acceptors (Lipinski definition) is 3. The first-order chi connectivity index (χ1) is 12.6. The van der Waals surface area contributed by atoms with Crippen molar-refractivity contribution < 1.29 is 53.9 Å². The fraction of sp³-hybridized carbons (Fsp3) is 0.769. The zero-order valence-electron chi connectivity index (χ0n) is 14.0. The third-order valence-corrected chi connectivity index (χ3v) is 3.08. The smallest absolute Gasteiger partial charge is 0.348 e. The zero-order chi connectivity index (χ0) is 22.2. The van der Waals surface area contributed by atoms with Gasteiger partial charge in [-0.3, -0.25) is 14.4 Å². The summed E-state index contributed by atoms with van der Waals surface area (Å²) in [4.78, 5) is 32.6. The Kier molecular flexibility index (Phi) is 9.54. The monoisotopic (exact) mass is 433 g/mol. The molecule has 28 heavy (non-hydrogen) atoms. The topological polar surface area (TPSA) is 78.5 Å². The normalized spacial score (nSPS) is 12.5. The van der Waals surface area contributed by atoms with E-state index in [1.807, 2.05) is 0 Å². The van der Waals surface area contributed by atoms with Crippen LogP contribution in [0.3, 0.4) is 0 Å². The molecule has 15 heteroatoms. The maximum Gasteiger partial charge on any atom is 0.471 e. The lowest BCUT2D eigenvalue weighted by molar-refractivity contribution is -0.185. The van der Waals surface area contributed by atoms with Crippen LogP contribution < -0.4 is 10.6 Å². The summed E-state index contributed by atoms with van der Waals surface area (Å²) in [6.07, 6.45) is -16.4. The summed E-state index contributed by atoms with van der Waals surface area (Å²) < 4.78 is 109. The maximum atomic E-state index is 12.5. The predicted molar refractivity (Wildman–Crippen MR) is 74.6 cm³/mol. The van der Waals surface area contributed by atoms with E-state index in [0.29, 0.717) is 0 Å². The van der Waals surface area contributed by atoms with Crippen molar-refractivity contribution in [3.63, 3.8) is 0 Å². The first kappa shape index (κ1) is 25.8. The van der Waals surface area contributed by atoms with Gasteiger partial charge in [0.15, 0.2) is 0 Å². The summed E-state index contributed by atoms with van der Waals surface area (Å²) in [6, 6.07) is 0. The highest BCUT2D eigenvalue weighted by atomic mass is 19.4. The van der Waals surface area contributed by atoms with Gasteiger partial charge in [-0.2, -0.15) is 39.5 Å². The number of carbonyl (C=O) groups is 3. The lowest BCUT2D eigenvalue weighted by atomic mass is 10.2. The van der Waals surface area contributed by atoms with Gasteiger partial charge >= 0.3 is 36.3 Å². The number of nitrogens with one attached hydrogen (secondary N) is 2. The van der Waals surface area contributed by atoms with Gasteiger partial charge < -0.3 is 15.5 Å². The molecule has 0 bridgehead atoms. The van der Waals surface area contributed by atoms with Crippen molar-refractivity contribution in [2.75, 3.05) is 26.2 Å². The number of rotatable bonds is 9. The third-order valence-electron chi connectivity index (χ3n) is 3.08. The fourth-order valence-electron chi connectivity index (χ4n) is 1.80. The molecule has 0 rings (SSSR count). The number of halogens is 9. The Labute approximate surface area is 152 Å². The second kappa shape index (κ2) is 10.4. The Bertz CT molecular complexity index is 544. The summed E-state index contributed by atoms with van der Waals surface area (Å²) in [7, 11) is 0. The second-order valence-corrected chi connectivity index (χ2v) is 5.36. The summed E-state index contributed by atoms with van der Waals surface area (Å²) in [6.45, 7) is -2.37. The zero-order valence-corrected chi connectivity index (χ0v) is 14.0. The van der Waals surface area contributed by atoms with E-state index in [1.54, 1.807) is 0 Å². The molecule has 0 fully saturated rings. The number of alkyl halides is 9. The molecule has 0 aliphatic rings. The van der Waals surface area contributed by atoms with Crippen LogP contribution in [0.15, 0.2) is 0 Å². The molecule has 0 aromatic carbocycles. The molecule has 0 aromatic rings. The fourth-order valence-corrected chi connectivity index (χ4v) is 1.80. The van der Waals surface area contributed by atoms with Gasteiger partial charge in [-0.25, -0.2) is 0 Å². The van der Waals surface area contributed by atoms with Gasteiger partial charge in [0.2, 0.25) is 0 Å². The standard InChI is InChI=1S/C13H16F9N3O3/c14-11(15,16)8(26)23-4-1-2-6-25(10(28)13(20,21)22)7-3-5-24-9(27)12(17,18)19/h1-7H2,(H,23,26)(H,24,27). The summed E-state index contributed by atoms with van der Waals surface area (Å²) in [5.74, 6) is -6.80. The molecule has 3 amide bonds. The van der Waals surface area contributed by atoms with Crippen LogP contribution in [0, 0.1) is 0 Å². The predicted octanol–water partition coefficient (Wildman–Crippen LogP) is 1.90. The molecule has 0 aromatic heterocycles. The van der Waals surface area contributed by atoms with E-state index in [2.05, 4.69) is 0 Å². The van der Waals surface area contributed by atoms with Crippen molar-refractivity contribution in [2.24, 2.45) is 0 Å². The van der Waals surface area contributed by atoms with Crippen LogP contribution in [-0.4, -0.2) is 67.3 Å². The average molecular weight is 433 g/mol. The number of unbranched alkanes of at least 4 members (excludes halogenated alkanes) is 1. The van der Waals surface area contributed by atoms with E-state index in [0.717, 1.165) is 0 Å². The van der Waals surface area contributed by atoms with Gasteiger partial charge in [0.05, 0.1) is 0 Å². The molecule has 0 aliphatic heterocycles. The lowest BCUT2D eigenvalue weighted by Crippen LogP contribution is -2.44. The quantitative estimate of drug-likeness (QED) is 0.431. The Balaban J connectivity index is 4.46. The third kappa shape index (κ3) is 10.2. The number of nitrogens with zero attached hydrogens (tertiary/aromatic N) is 1. The van der Waals surface area contributed by atoms with E-state index in [9.17, 15) is 53.9 Å². The minimum absolute atomic E-state index is 0.186. The lowest BCUT2D eigenvalue weighted by Gasteiger charge is -2.24. The van der Waals surface area contributed by atoms with Crippen molar-refractivity contribution >= 4 is 17.7 Å². The van der Waals surface area contributed by atoms with Gasteiger partial charge in [0.1, 0.15) is 0 Å². The van der Waals surface area contributed by atoms with Crippen molar-refractivity contribution in [1.29, 1.82) is 0 Å². The molecule has 0 saturated heterocycles. The van der Waals surface area contributed by atoms with Gasteiger partial charge in [0, 0.05) is 26.2 Å². The van der Waals surface area contributed by atoms with Crippen molar-refractivity contribution in [3.05, 3.63) is 0 Å². The molecule has 0 saturated carbocycles. The minimum atomic E-state index is -5.26. The molecule has 0 atom stereocenters. The van der Waals surface area contributed by atoms with Crippen molar-refractivity contribution in [1.82, 2.24) is 15.5 Å². The van der Waals surface area contributed by atoms with Gasteiger partial charge in [-0.1, -0.05) is 0 Å². The largest absolute Gasteiger partial charge is 0.471 e. The van der Waals surface area contributed by atoms with Crippen LogP contribution in [0.1, 0.15) is 19.3 Å². The van der Waals surface area contributed by atoms with Crippen molar-refractivity contribution in [3.8, 4) is 0 Å². The Morgan fingerprint density at radius 2 is 1.00 bits per heavy atom. The second-order valence-electron chi connectivity index (χ2n) is 5.36. The molecular formula is C13H16F9N3O3. The Morgan fingerprint density at radius 3 is 1.39 bits per heavy atom. The maximum absolute atomic E-state index is 12.5. The Hall–Kier alpha value is -2.22. The first-order valence-corrected chi connectivity index (χ1v) is 7.63. The molecule has 0 unspecified atom stereocenters. The number of hydrogen-bond donors (Lipinski definition) is 2. The molecule has 6 nitrogen and oxygen atoms in total. The molecule has 0 radical (unpaired) electrons.